The molecule has 4 unspecified atom stereocenters. The highest BCUT2D eigenvalue weighted by Crippen LogP contribution is 2.36. The SMILES string of the molecule is CC.CCOc1ccc(Cc2cc(C3CC(OCc4ccccc4)CC(COC(O)c4ccccc4)O3)ccc2Cl)cc1. The second-order valence-electron chi connectivity index (χ2n) is 10.3. The highest BCUT2D eigenvalue weighted by molar-refractivity contribution is 6.31. The summed E-state index contributed by atoms with van der Waals surface area (Å²) in [4.78, 5) is 0. The zero-order chi connectivity index (χ0) is 30.4. The molecule has 228 valence electrons. The molecule has 0 bridgehead atoms. The van der Waals surface area contributed by atoms with Crippen LogP contribution in [0.3, 0.4) is 0 Å². The summed E-state index contributed by atoms with van der Waals surface area (Å²) in [5.74, 6) is 0.860. The van der Waals surface area contributed by atoms with Gasteiger partial charge in [0.15, 0.2) is 6.29 Å². The fraction of sp³-hybridized carbons (Fsp3) is 0.351. The molecule has 1 N–H and O–H groups in total. The lowest BCUT2D eigenvalue weighted by Crippen LogP contribution is -2.36. The molecule has 0 amide bonds. The Labute approximate surface area is 261 Å². The Hall–Kier alpha value is -3.19. The Morgan fingerprint density at radius 2 is 1.56 bits per heavy atom. The molecule has 0 aromatic heterocycles. The topological polar surface area (TPSA) is 57.2 Å². The van der Waals surface area contributed by atoms with Gasteiger partial charge in [-0.15, -0.1) is 0 Å². The lowest BCUT2D eigenvalue weighted by atomic mass is 9.93. The summed E-state index contributed by atoms with van der Waals surface area (Å²) < 4.78 is 24.4. The highest BCUT2D eigenvalue weighted by atomic mass is 35.5. The Bertz CT molecular complexity index is 1350. The lowest BCUT2D eigenvalue weighted by Gasteiger charge is -2.36. The maximum Gasteiger partial charge on any atom is 0.181 e. The van der Waals surface area contributed by atoms with Gasteiger partial charge in [0, 0.05) is 23.4 Å². The van der Waals surface area contributed by atoms with Gasteiger partial charge in [-0.3, -0.25) is 0 Å². The van der Waals surface area contributed by atoms with Crippen LogP contribution >= 0.6 is 11.6 Å². The maximum atomic E-state index is 10.6. The highest BCUT2D eigenvalue weighted by Gasteiger charge is 2.32. The Balaban J connectivity index is 0.00000207. The van der Waals surface area contributed by atoms with Gasteiger partial charge in [0.05, 0.1) is 38.1 Å². The quantitative estimate of drug-likeness (QED) is 0.164. The maximum absolute atomic E-state index is 10.6. The van der Waals surface area contributed by atoms with E-state index in [1.54, 1.807) is 0 Å². The Morgan fingerprint density at radius 3 is 2.26 bits per heavy atom. The summed E-state index contributed by atoms with van der Waals surface area (Å²) in [5, 5.41) is 11.3. The normalized spacial score (nSPS) is 18.8. The monoisotopic (exact) mass is 602 g/mol. The molecular formula is C37H43ClO5. The van der Waals surface area contributed by atoms with Crippen LogP contribution in [-0.2, 0) is 27.2 Å². The van der Waals surface area contributed by atoms with E-state index < -0.39 is 6.29 Å². The van der Waals surface area contributed by atoms with Crippen molar-refractivity contribution in [2.45, 2.75) is 71.2 Å². The smallest absolute Gasteiger partial charge is 0.181 e. The number of hydrogen-bond acceptors (Lipinski definition) is 5. The molecule has 5 nitrogen and oxygen atoms in total. The molecule has 4 aromatic rings. The molecule has 0 spiro atoms. The van der Waals surface area contributed by atoms with Crippen LogP contribution in [0.5, 0.6) is 5.75 Å². The van der Waals surface area contributed by atoms with Gasteiger partial charge in [-0.25, -0.2) is 0 Å². The molecule has 1 fully saturated rings. The first-order valence-electron chi connectivity index (χ1n) is 15.2. The first kappa shape index (κ1) is 32.7. The predicted molar refractivity (Wildman–Crippen MR) is 172 cm³/mol. The lowest BCUT2D eigenvalue weighted by molar-refractivity contribution is -0.177. The third-order valence-corrected chi connectivity index (χ3v) is 7.65. The Kier molecular flexibility index (Phi) is 13.1. The number of aliphatic hydroxyl groups excluding tert-OH is 1. The largest absolute Gasteiger partial charge is 0.494 e. The van der Waals surface area contributed by atoms with Crippen molar-refractivity contribution < 1.29 is 24.1 Å². The van der Waals surface area contributed by atoms with Crippen molar-refractivity contribution >= 4 is 11.6 Å². The first-order chi connectivity index (χ1) is 21.1. The van der Waals surface area contributed by atoms with E-state index in [1.165, 1.54) is 0 Å². The fourth-order valence-corrected chi connectivity index (χ4v) is 5.34. The van der Waals surface area contributed by atoms with E-state index in [2.05, 4.69) is 30.3 Å². The molecule has 1 aliphatic heterocycles. The van der Waals surface area contributed by atoms with Gasteiger partial charge < -0.3 is 24.1 Å². The van der Waals surface area contributed by atoms with Crippen LogP contribution in [0.4, 0.5) is 0 Å². The average molecular weight is 603 g/mol. The molecule has 4 atom stereocenters. The van der Waals surface area contributed by atoms with Crippen LogP contribution in [0.1, 0.15) is 73.8 Å². The minimum absolute atomic E-state index is 0.0262. The minimum Gasteiger partial charge on any atom is -0.494 e. The predicted octanol–water partition coefficient (Wildman–Crippen LogP) is 8.87. The van der Waals surface area contributed by atoms with Crippen LogP contribution in [-0.4, -0.2) is 30.5 Å². The number of rotatable bonds is 12. The van der Waals surface area contributed by atoms with Gasteiger partial charge in [0.25, 0.3) is 0 Å². The van der Waals surface area contributed by atoms with E-state index in [9.17, 15) is 5.11 Å². The van der Waals surface area contributed by atoms with E-state index in [-0.39, 0.29) is 24.9 Å². The van der Waals surface area contributed by atoms with Gasteiger partial charge in [0.2, 0.25) is 0 Å². The van der Waals surface area contributed by atoms with E-state index >= 15 is 0 Å². The molecular weight excluding hydrogens is 560 g/mol. The second kappa shape index (κ2) is 17.2. The van der Waals surface area contributed by atoms with Crippen LogP contribution < -0.4 is 4.74 Å². The number of benzene rings is 4. The van der Waals surface area contributed by atoms with E-state index in [0.717, 1.165) is 33.0 Å². The standard InChI is InChI=1S/C35H37ClO5.C2H6/c1-2-38-30-16-13-25(14-17-30)19-29-20-28(15-18-33(29)36)34-22-31(39-23-26-9-5-3-6-10-26)21-32(41-34)24-40-35(37)27-11-7-4-8-12-27;1-2/h3-18,20,31-32,34-35,37H,2,19,21-24H2,1H3;1-2H3. The molecule has 0 aliphatic carbocycles. The third-order valence-electron chi connectivity index (χ3n) is 7.28. The van der Waals surface area contributed by atoms with E-state index in [1.807, 2.05) is 93.6 Å². The third kappa shape index (κ3) is 9.92. The van der Waals surface area contributed by atoms with Gasteiger partial charge in [-0.1, -0.05) is 110 Å². The fourth-order valence-electron chi connectivity index (χ4n) is 5.15. The Morgan fingerprint density at radius 1 is 0.860 bits per heavy atom. The van der Waals surface area contributed by atoms with Gasteiger partial charge in [-0.05, 0) is 53.8 Å². The summed E-state index contributed by atoms with van der Waals surface area (Å²) in [5.41, 5.74) is 5.09. The van der Waals surface area contributed by atoms with E-state index in [0.29, 0.717) is 38.0 Å². The molecule has 5 rings (SSSR count). The van der Waals surface area contributed by atoms with Gasteiger partial charge in [-0.2, -0.15) is 0 Å². The van der Waals surface area contributed by atoms with Crippen LogP contribution in [0.15, 0.2) is 103 Å². The van der Waals surface area contributed by atoms with Gasteiger partial charge >= 0.3 is 0 Å². The first-order valence-corrected chi connectivity index (χ1v) is 15.6. The number of ether oxygens (including phenoxy) is 4. The van der Waals surface area contributed by atoms with E-state index in [4.69, 9.17) is 30.5 Å². The molecule has 1 heterocycles. The molecule has 4 aromatic carbocycles. The van der Waals surface area contributed by atoms with Crippen molar-refractivity contribution in [1.82, 2.24) is 0 Å². The molecule has 6 heteroatoms. The summed E-state index contributed by atoms with van der Waals surface area (Å²) >= 11 is 6.65. The van der Waals surface area contributed by atoms with Crippen LogP contribution in [0, 0.1) is 0 Å². The number of aliphatic hydroxyl groups is 1. The molecule has 1 aliphatic rings. The zero-order valence-corrected chi connectivity index (χ0v) is 26.1. The number of halogens is 1. The van der Waals surface area contributed by atoms with Gasteiger partial charge in [0.1, 0.15) is 5.75 Å². The molecule has 0 saturated carbocycles. The summed E-state index contributed by atoms with van der Waals surface area (Å²) in [6, 6.07) is 33.8. The summed E-state index contributed by atoms with van der Waals surface area (Å²) in [7, 11) is 0. The summed E-state index contributed by atoms with van der Waals surface area (Å²) in [6.07, 6.45) is 0.630. The van der Waals surface area contributed by atoms with Crippen molar-refractivity contribution in [3.8, 4) is 5.75 Å². The van der Waals surface area contributed by atoms with Crippen molar-refractivity contribution in [3.05, 3.63) is 136 Å². The van der Waals surface area contributed by atoms with Crippen molar-refractivity contribution in [1.29, 1.82) is 0 Å². The minimum atomic E-state index is -1.01. The number of hydrogen-bond donors (Lipinski definition) is 1. The van der Waals surface area contributed by atoms with Crippen LogP contribution in [0.2, 0.25) is 5.02 Å². The van der Waals surface area contributed by atoms with Crippen molar-refractivity contribution in [2.24, 2.45) is 0 Å². The average Bonchev–Trinajstić information content (AvgIpc) is 3.06. The van der Waals surface area contributed by atoms with Crippen molar-refractivity contribution in [3.63, 3.8) is 0 Å². The van der Waals surface area contributed by atoms with Crippen molar-refractivity contribution in [2.75, 3.05) is 13.2 Å². The second-order valence-corrected chi connectivity index (χ2v) is 10.7. The zero-order valence-electron chi connectivity index (χ0n) is 25.3. The molecule has 1 saturated heterocycles. The molecule has 43 heavy (non-hydrogen) atoms. The summed E-state index contributed by atoms with van der Waals surface area (Å²) in [6.45, 7) is 7.40. The molecule has 0 radical (unpaired) electrons. The van der Waals surface area contributed by atoms with Crippen LogP contribution in [0.25, 0.3) is 0 Å².